The van der Waals surface area contributed by atoms with Crippen LogP contribution in [0.5, 0.6) is 0 Å². The molecular weight excluding hydrogens is 288 g/mol. The van der Waals surface area contributed by atoms with Crippen LogP contribution in [0.25, 0.3) is 0 Å². The molecule has 2 aliphatic heterocycles. The van der Waals surface area contributed by atoms with Gasteiger partial charge in [-0.15, -0.1) is 11.3 Å². The molecule has 0 saturated carbocycles. The number of aryl methyl sites for hydroxylation is 1. The summed E-state index contributed by atoms with van der Waals surface area (Å²) in [5.41, 5.74) is 6.51. The zero-order chi connectivity index (χ0) is 15.0. The Morgan fingerprint density at radius 3 is 2.76 bits per heavy atom. The van der Waals surface area contributed by atoms with E-state index in [-0.39, 0.29) is 11.9 Å². The molecule has 116 valence electrons. The van der Waals surface area contributed by atoms with E-state index in [9.17, 15) is 9.90 Å². The number of hydrogen-bond donors (Lipinski definition) is 2. The number of hydrogen-bond acceptors (Lipinski definition) is 6. The lowest BCUT2D eigenvalue weighted by molar-refractivity contribution is -0.129. The molecule has 2 saturated heterocycles. The number of rotatable bonds is 3. The molecule has 0 unspecified atom stereocenters. The predicted molar refractivity (Wildman–Crippen MR) is 82.1 cm³/mol. The number of nitrogens with zero attached hydrogens (tertiary/aromatic N) is 3. The van der Waals surface area contributed by atoms with Crippen LogP contribution < -0.4 is 5.73 Å². The highest BCUT2D eigenvalue weighted by molar-refractivity contribution is 7.15. The minimum Gasteiger partial charge on any atom is -0.390 e. The van der Waals surface area contributed by atoms with Crippen LogP contribution in [0.15, 0.2) is 0 Å². The minimum absolute atomic E-state index is 0.0579. The van der Waals surface area contributed by atoms with E-state index in [0.29, 0.717) is 24.6 Å². The van der Waals surface area contributed by atoms with Gasteiger partial charge in [0.2, 0.25) is 5.91 Å². The highest BCUT2D eigenvalue weighted by atomic mass is 32.1. The van der Waals surface area contributed by atoms with Crippen molar-refractivity contribution in [2.24, 2.45) is 0 Å². The first kappa shape index (κ1) is 14.7. The molecular formula is C14H22N4O2S. The first-order chi connectivity index (χ1) is 10.0. The molecule has 6 nitrogen and oxygen atoms in total. The number of likely N-dealkylation sites (tertiary alicyclic amines) is 2. The van der Waals surface area contributed by atoms with Crippen LogP contribution >= 0.6 is 11.3 Å². The normalized spacial score (nSPS) is 26.7. The van der Waals surface area contributed by atoms with Crippen LogP contribution in [0.2, 0.25) is 0 Å². The molecule has 0 spiro atoms. The molecule has 0 radical (unpaired) electrons. The van der Waals surface area contributed by atoms with Crippen molar-refractivity contribution < 1.29 is 9.90 Å². The van der Waals surface area contributed by atoms with Crippen molar-refractivity contribution >= 4 is 22.4 Å². The maximum atomic E-state index is 12.4. The van der Waals surface area contributed by atoms with Crippen molar-refractivity contribution in [2.45, 2.75) is 38.3 Å². The molecule has 0 aliphatic carbocycles. The second kappa shape index (κ2) is 5.90. The average molecular weight is 310 g/mol. The van der Waals surface area contributed by atoms with Gasteiger partial charge in [0.15, 0.2) is 5.13 Å². The molecule has 21 heavy (non-hydrogen) atoms. The number of aliphatic hydroxyl groups excluding tert-OH is 1. The Balaban J connectivity index is 1.62. The fourth-order valence-electron chi connectivity index (χ4n) is 3.27. The third-order valence-corrected chi connectivity index (χ3v) is 5.43. The van der Waals surface area contributed by atoms with Crippen molar-refractivity contribution in [1.82, 2.24) is 14.8 Å². The number of carbonyl (C=O) groups is 1. The van der Waals surface area contributed by atoms with Gasteiger partial charge in [-0.3, -0.25) is 9.69 Å². The molecule has 2 fully saturated rings. The molecule has 0 bridgehead atoms. The third-order valence-electron chi connectivity index (χ3n) is 4.44. The SMILES string of the molecule is Cc1nc(N)sc1CC(=O)N1C[C@H](O)[C@@H](N2CCCC2)C1. The minimum atomic E-state index is -0.431. The number of amides is 1. The Kier molecular flexibility index (Phi) is 4.14. The summed E-state index contributed by atoms with van der Waals surface area (Å²) in [4.78, 5) is 21.6. The van der Waals surface area contributed by atoms with Gasteiger partial charge in [0, 0.05) is 18.0 Å². The first-order valence-corrected chi connectivity index (χ1v) is 8.28. The summed E-state index contributed by atoms with van der Waals surface area (Å²) >= 11 is 1.37. The first-order valence-electron chi connectivity index (χ1n) is 7.46. The van der Waals surface area contributed by atoms with Gasteiger partial charge in [-0.25, -0.2) is 4.98 Å². The predicted octanol–water partition coefficient (Wildman–Crippen LogP) is 0.244. The van der Waals surface area contributed by atoms with E-state index in [2.05, 4.69) is 9.88 Å². The van der Waals surface area contributed by atoms with E-state index < -0.39 is 6.10 Å². The zero-order valence-electron chi connectivity index (χ0n) is 12.3. The van der Waals surface area contributed by atoms with E-state index in [1.807, 2.05) is 6.92 Å². The molecule has 3 heterocycles. The van der Waals surface area contributed by atoms with Crippen LogP contribution in [0.1, 0.15) is 23.4 Å². The standard InChI is InChI=1S/C14H22N4O2S/c1-9-12(21-14(15)16-9)6-13(20)18-7-10(11(19)8-18)17-4-2-3-5-17/h10-11,19H,2-8H2,1H3,(H2,15,16)/t10-,11-/m0/s1. The van der Waals surface area contributed by atoms with E-state index in [1.54, 1.807) is 4.90 Å². The van der Waals surface area contributed by atoms with E-state index in [1.165, 1.54) is 24.2 Å². The number of aromatic nitrogens is 1. The van der Waals surface area contributed by atoms with E-state index >= 15 is 0 Å². The van der Waals surface area contributed by atoms with Crippen molar-refractivity contribution in [3.05, 3.63) is 10.6 Å². The highest BCUT2D eigenvalue weighted by Gasteiger charge is 2.38. The Hall–Kier alpha value is -1.18. The second-order valence-corrected chi connectivity index (χ2v) is 7.03. The fraction of sp³-hybridized carbons (Fsp3) is 0.714. The van der Waals surface area contributed by atoms with Crippen LogP contribution in [0.4, 0.5) is 5.13 Å². The molecule has 3 rings (SSSR count). The summed E-state index contributed by atoms with van der Waals surface area (Å²) in [5, 5.41) is 10.7. The van der Waals surface area contributed by atoms with Gasteiger partial charge in [-0.2, -0.15) is 0 Å². The zero-order valence-corrected chi connectivity index (χ0v) is 13.1. The lowest BCUT2D eigenvalue weighted by Gasteiger charge is -2.25. The Labute approximate surface area is 128 Å². The van der Waals surface area contributed by atoms with Crippen molar-refractivity contribution in [2.75, 3.05) is 31.9 Å². The fourth-order valence-corrected chi connectivity index (χ4v) is 4.09. The van der Waals surface area contributed by atoms with E-state index in [0.717, 1.165) is 23.7 Å². The number of nitrogen functional groups attached to an aromatic ring is 1. The summed E-state index contributed by atoms with van der Waals surface area (Å²) in [6, 6.07) is 0.101. The monoisotopic (exact) mass is 310 g/mol. The number of β-amino-alcohol motifs (C(OH)–C–C–N with tert-alkyl or cyclic N) is 1. The molecule has 1 amide bonds. The number of nitrogens with two attached hydrogens (primary N) is 1. The molecule has 2 aliphatic rings. The van der Waals surface area contributed by atoms with Crippen molar-refractivity contribution in [1.29, 1.82) is 0 Å². The van der Waals surface area contributed by atoms with E-state index in [4.69, 9.17) is 5.73 Å². The van der Waals surface area contributed by atoms with Gasteiger partial charge in [-0.1, -0.05) is 0 Å². The van der Waals surface area contributed by atoms with Gasteiger partial charge in [0.05, 0.1) is 24.3 Å². The summed E-state index contributed by atoms with van der Waals surface area (Å²) in [5.74, 6) is 0.0579. The topological polar surface area (TPSA) is 82.7 Å². The average Bonchev–Trinajstić information content (AvgIpc) is 3.11. The second-order valence-electron chi connectivity index (χ2n) is 5.91. The lowest BCUT2D eigenvalue weighted by atomic mass is 10.2. The summed E-state index contributed by atoms with van der Waals surface area (Å²) < 4.78 is 0. The number of carbonyl (C=O) groups excluding carboxylic acids is 1. The van der Waals surface area contributed by atoms with Gasteiger partial charge in [-0.05, 0) is 32.9 Å². The van der Waals surface area contributed by atoms with Gasteiger partial charge >= 0.3 is 0 Å². The van der Waals surface area contributed by atoms with Crippen molar-refractivity contribution in [3.8, 4) is 0 Å². The Morgan fingerprint density at radius 1 is 1.43 bits per heavy atom. The lowest BCUT2D eigenvalue weighted by Crippen LogP contribution is -2.41. The molecule has 0 aromatic carbocycles. The van der Waals surface area contributed by atoms with Crippen LogP contribution in [0.3, 0.4) is 0 Å². The summed E-state index contributed by atoms with van der Waals surface area (Å²) in [6.45, 7) is 5.02. The van der Waals surface area contributed by atoms with Crippen LogP contribution in [-0.2, 0) is 11.2 Å². The highest BCUT2D eigenvalue weighted by Crippen LogP contribution is 2.24. The van der Waals surface area contributed by atoms with Gasteiger partial charge in [0.1, 0.15) is 0 Å². The Morgan fingerprint density at radius 2 is 2.14 bits per heavy atom. The molecule has 1 aromatic heterocycles. The number of thiazole rings is 1. The Bertz CT molecular complexity index is 527. The van der Waals surface area contributed by atoms with Crippen LogP contribution in [-0.4, -0.2) is 64.1 Å². The summed E-state index contributed by atoms with van der Waals surface area (Å²) in [6.07, 6.45) is 2.28. The number of anilines is 1. The summed E-state index contributed by atoms with van der Waals surface area (Å²) in [7, 11) is 0. The molecule has 2 atom stereocenters. The molecule has 3 N–H and O–H groups in total. The van der Waals surface area contributed by atoms with Crippen LogP contribution in [0, 0.1) is 6.92 Å². The maximum Gasteiger partial charge on any atom is 0.228 e. The third kappa shape index (κ3) is 3.04. The van der Waals surface area contributed by atoms with Crippen molar-refractivity contribution in [3.63, 3.8) is 0 Å². The number of aliphatic hydroxyl groups is 1. The van der Waals surface area contributed by atoms with Gasteiger partial charge in [0.25, 0.3) is 0 Å². The smallest absolute Gasteiger partial charge is 0.228 e. The molecule has 1 aromatic rings. The maximum absolute atomic E-state index is 12.4. The van der Waals surface area contributed by atoms with Gasteiger partial charge < -0.3 is 15.7 Å². The largest absolute Gasteiger partial charge is 0.390 e. The molecule has 7 heteroatoms. The quantitative estimate of drug-likeness (QED) is 0.836.